The Kier molecular flexibility index (Phi) is 5.90. The molecule has 7 heteroatoms. The van der Waals surface area contributed by atoms with Gasteiger partial charge in [-0.2, -0.15) is 0 Å². The first-order valence-electron chi connectivity index (χ1n) is 6.77. The summed E-state index contributed by atoms with van der Waals surface area (Å²) in [5, 5.41) is 9.89. The maximum absolute atomic E-state index is 5.83. The number of hydrogen-bond acceptors (Lipinski definition) is 5. The summed E-state index contributed by atoms with van der Waals surface area (Å²) in [5.41, 5.74) is 5.68. The van der Waals surface area contributed by atoms with Crippen molar-refractivity contribution >= 4 is 23.4 Å². The van der Waals surface area contributed by atoms with Crippen molar-refractivity contribution in [1.29, 1.82) is 0 Å². The van der Waals surface area contributed by atoms with Crippen LogP contribution in [0, 0.1) is 0 Å². The zero-order valence-electron chi connectivity index (χ0n) is 12.1. The minimum atomic E-state index is 0.290. The monoisotopic (exact) mass is 326 g/mol. The smallest absolute Gasteiger partial charge is 0.191 e. The number of rotatable bonds is 7. The molecule has 2 rings (SSSR count). The number of aromatic nitrogens is 3. The van der Waals surface area contributed by atoms with Crippen LogP contribution in [0.1, 0.15) is 25.7 Å². The predicted octanol–water partition coefficient (Wildman–Crippen LogP) is 3.14. The van der Waals surface area contributed by atoms with Crippen molar-refractivity contribution in [2.75, 3.05) is 12.4 Å². The molecular weight excluding hydrogens is 308 g/mol. The first-order chi connectivity index (χ1) is 10.1. The molecule has 0 radical (unpaired) electrons. The van der Waals surface area contributed by atoms with Gasteiger partial charge in [-0.3, -0.25) is 0 Å². The first-order valence-corrected chi connectivity index (χ1v) is 8.13. The number of benzene rings is 1. The summed E-state index contributed by atoms with van der Waals surface area (Å²) in [5.74, 6) is 2.41. The lowest BCUT2D eigenvalue weighted by molar-refractivity contribution is 0.343. The number of halogens is 1. The normalized spacial score (nSPS) is 11.1. The molecule has 0 aliphatic heterocycles. The van der Waals surface area contributed by atoms with E-state index in [0.29, 0.717) is 24.2 Å². The van der Waals surface area contributed by atoms with Gasteiger partial charge in [-0.25, -0.2) is 0 Å². The molecule has 0 amide bonds. The summed E-state index contributed by atoms with van der Waals surface area (Å²) in [6.07, 6.45) is 0. The van der Waals surface area contributed by atoms with Crippen molar-refractivity contribution in [3.05, 3.63) is 35.1 Å². The molecule has 0 aliphatic rings. The lowest BCUT2D eigenvalue weighted by atomic mass is 10.3. The van der Waals surface area contributed by atoms with Crippen molar-refractivity contribution in [3.8, 4) is 5.75 Å². The van der Waals surface area contributed by atoms with E-state index in [1.807, 2.05) is 24.3 Å². The lowest BCUT2D eigenvalue weighted by Crippen LogP contribution is -2.11. The standard InChI is InChI=1S/C14H19ClN4OS/c1-10(2)19-13(9-16)17-18-14(19)21-8-7-20-12-5-3-11(15)4-6-12/h3-6,10H,7-9,16H2,1-2H3. The van der Waals surface area contributed by atoms with Gasteiger partial charge in [0.1, 0.15) is 11.6 Å². The van der Waals surface area contributed by atoms with Gasteiger partial charge in [0, 0.05) is 16.8 Å². The van der Waals surface area contributed by atoms with Crippen LogP contribution in [0.5, 0.6) is 5.75 Å². The van der Waals surface area contributed by atoms with E-state index in [0.717, 1.165) is 22.5 Å². The number of thioether (sulfide) groups is 1. The van der Waals surface area contributed by atoms with E-state index in [4.69, 9.17) is 22.1 Å². The summed E-state index contributed by atoms with van der Waals surface area (Å²) in [6, 6.07) is 7.63. The highest BCUT2D eigenvalue weighted by Gasteiger charge is 2.13. The Balaban J connectivity index is 1.86. The van der Waals surface area contributed by atoms with E-state index in [-0.39, 0.29) is 0 Å². The molecule has 0 saturated heterocycles. The second kappa shape index (κ2) is 7.68. The third-order valence-electron chi connectivity index (χ3n) is 2.83. The van der Waals surface area contributed by atoms with E-state index in [9.17, 15) is 0 Å². The fourth-order valence-electron chi connectivity index (χ4n) is 1.89. The van der Waals surface area contributed by atoms with Gasteiger partial charge >= 0.3 is 0 Å². The van der Waals surface area contributed by atoms with E-state index in [2.05, 4.69) is 28.6 Å². The average molecular weight is 327 g/mol. The molecular formula is C14H19ClN4OS. The van der Waals surface area contributed by atoms with Gasteiger partial charge in [-0.1, -0.05) is 23.4 Å². The van der Waals surface area contributed by atoms with Gasteiger partial charge in [0.2, 0.25) is 0 Å². The van der Waals surface area contributed by atoms with Gasteiger partial charge < -0.3 is 15.0 Å². The molecule has 0 bridgehead atoms. The molecule has 114 valence electrons. The van der Waals surface area contributed by atoms with Gasteiger partial charge in [-0.15, -0.1) is 10.2 Å². The Morgan fingerprint density at radius 1 is 1.29 bits per heavy atom. The fraction of sp³-hybridized carbons (Fsp3) is 0.429. The van der Waals surface area contributed by atoms with Gasteiger partial charge in [-0.05, 0) is 38.1 Å². The molecule has 1 heterocycles. The first kappa shape index (κ1) is 16.1. The van der Waals surface area contributed by atoms with Crippen LogP contribution in [0.2, 0.25) is 5.02 Å². The summed E-state index contributed by atoms with van der Waals surface area (Å²) in [4.78, 5) is 0. The minimum Gasteiger partial charge on any atom is -0.493 e. The topological polar surface area (TPSA) is 66.0 Å². The van der Waals surface area contributed by atoms with Crippen molar-refractivity contribution in [3.63, 3.8) is 0 Å². The maximum atomic E-state index is 5.83. The van der Waals surface area contributed by atoms with Gasteiger partial charge in [0.15, 0.2) is 5.16 Å². The molecule has 5 nitrogen and oxygen atoms in total. The van der Waals surface area contributed by atoms with Crippen molar-refractivity contribution in [2.45, 2.75) is 31.6 Å². The average Bonchev–Trinajstić information content (AvgIpc) is 2.88. The predicted molar refractivity (Wildman–Crippen MR) is 86.0 cm³/mol. The maximum Gasteiger partial charge on any atom is 0.191 e. The highest BCUT2D eigenvalue weighted by molar-refractivity contribution is 7.99. The number of hydrogen-bond donors (Lipinski definition) is 1. The van der Waals surface area contributed by atoms with Crippen LogP contribution in [0.15, 0.2) is 29.4 Å². The van der Waals surface area contributed by atoms with Crippen LogP contribution in [-0.4, -0.2) is 27.1 Å². The number of ether oxygens (including phenoxy) is 1. The van der Waals surface area contributed by atoms with Crippen LogP contribution >= 0.6 is 23.4 Å². The van der Waals surface area contributed by atoms with Crippen LogP contribution in [0.3, 0.4) is 0 Å². The molecule has 0 spiro atoms. The lowest BCUT2D eigenvalue weighted by Gasteiger charge is -2.12. The molecule has 1 aromatic carbocycles. The van der Waals surface area contributed by atoms with Gasteiger partial charge in [0.25, 0.3) is 0 Å². The molecule has 0 unspecified atom stereocenters. The number of nitrogens with two attached hydrogens (primary N) is 1. The van der Waals surface area contributed by atoms with Crippen molar-refractivity contribution in [1.82, 2.24) is 14.8 Å². The number of nitrogens with zero attached hydrogens (tertiary/aromatic N) is 3. The Morgan fingerprint density at radius 2 is 2.00 bits per heavy atom. The van der Waals surface area contributed by atoms with Crippen LogP contribution in [0.25, 0.3) is 0 Å². The Hall–Kier alpha value is -1.24. The van der Waals surface area contributed by atoms with Crippen LogP contribution < -0.4 is 10.5 Å². The molecule has 21 heavy (non-hydrogen) atoms. The highest BCUT2D eigenvalue weighted by Crippen LogP contribution is 2.22. The quantitative estimate of drug-likeness (QED) is 0.625. The molecule has 2 aromatic rings. The van der Waals surface area contributed by atoms with Crippen LogP contribution in [-0.2, 0) is 6.54 Å². The minimum absolute atomic E-state index is 0.290. The molecule has 0 fully saturated rings. The summed E-state index contributed by atoms with van der Waals surface area (Å²) in [6.45, 7) is 5.18. The SMILES string of the molecule is CC(C)n1c(CN)nnc1SCCOc1ccc(Cl)cc1. The molecule has 0 atom stereocenters. The largest absolute Gasteiger partial charge is 0.493 e. The Labute approximate surface area is 133 Å². The Morgan fingerprint density at radius 3 is 2.62 bits per heavy atom. The molecule has 0 aliphatic carbocycles. The Bertz CT molecular complexity index is 571. The third kappa shape index (κ3) is 4.36. The zero-order chi connectivity index (χ0) is 15.2. The summed E-state index contributed by atoms with van der Waals surface area (Å²) in [7, 11) is 0. The van der Waals surface area contributed by atoms with E-state index >= 15 is 0 Å². The highest BCUT2D eigenvalue weighted by atomic mass is 35.5. The van der Waals surface area contributed by atoms with Crippen molar-refractivity contribution in [2.24, 2.45) is 5.73 Å². The van der Waals surface area contributed by atoms with Crippen LogP contribution in [0.4, 0.5) is 0 Å². The second-order valence-electron chi connectivity index (χ2n) is 4.72. The van der Waals surface area contributed by atoms with Crippen molar-refractivity contribution < 1.29 is 4.74 Å². The fourth-order valence-corrected chi connectivity index (χ4v) is 2.92. The molecule has 0 saturated carbocycles. The van der Waals surface area contributed by atoms with E-state index < -0.39 is 0 Å². The zero-order valence-corrected chi connectivity index (χ0v) is 13.7. The van der Waals surface area contributed by atoms with Gasteiger partial charge in [0.05, 0.1) is 13.2 Å². The summed E-state index contributed by atoms with van der Waals surface area (Å²) >= 11 is 7.44. The second-order valence-corrected chi connectivity index (χ2v) is 6.22. The van der Waals surface area contributed by atoms with E-state index in [1.54, 1.807) is 11.8 Å². The third-order valence-corrected chi connectivity index (χ3v) is 3.99. The summed E-state index contributed by atoms with van der Waals surface area (Å²) < 4.78 is 7.72. The van der Waals surface area contributed by atoms with E-state index in [1.165, 1.54) is 0 Å². The molecule has 2 N–H and O–H groups in total. The molecule has 1 aromatic heterocycles.